The standard InChI is InChI=1S/C31H39N3O8/c1-19(2)16-25(33-27(35)18-41-26-7-5-4-6-20(26)3)28(36)24(30(38)39)17-21-8-10-23(11-9-21)42-31(40)34-14-12-22(13-15-34)29(32)37/h4-11,19,22,24-25H,12-18H2,1-3H3,(H2,32,37)(H,33,35)(H,38,39). The van der Waals surface area contributed by atoms with E-state index in [-0.39, 0.29) is 42.9 Å². The number of hydrogen-bond donors (Lipinski definition) is 3. The summed E-state index contributed by atoms with van der Waals surface area (Å²) < 4.78 is 11.0. The summed E-state index contributed by atoms with van der Waals surface area (Å²) in [4.78, 5) is 63.6. The summed E-state index contributed by atoms with van der Waals surface area (Å²) in [7, 11) is 0. The summed E-state index contributed by atoms with van der Waals surface area (Å²) in [5, 5.41) is 12.6. The zero-order valence-electron chi connectivity index (χ0n) is 24.2. The molecule has 226 valence electrons. The van der Waals surface area contributed by atoms with Crippen molar-refractivity contribution in [3.63, 3.8) is 0 Å². The van der Waals surface area contributed by atoms with E-state index in [1.807, 2.05) is 32.9 Å². The normalized spacial score (nSPS) is 15.0. The number of aliphatic carboxylic acids is 1. The van der Waals surface area contributed by atoms with Crippen molar-refractivity contribution in [3.8, 4) is 11.5 Å². The van der Waals surface area contributed by atoms with Gasteiger partial charge in [-0.3, -0.25) is 19.2 Å². The fraction of sp³-hybridized carbons (Fsp3) is 0.452. The summed E-state index contributed by atoms with van der Waals surface area (Å²) in [5.74, 6) is -3.62. The molecule has 2 aromatic carbocycles. The average Bonchev–Trinajstić information content (AvgIpc) is 2.95. The van der Waals surface area contributed by atoms with Crippen molar-refractivity contribution in [2.45, 2.75) is 52.5 Å². The van der Waals surface area contributed by atoms with Crippen LogP contribution in [0, 0.1) is 24.7 Å². The molecule has 4 N–H and O–H groups in total. The van der Waals surface area contributed by atoms with E-state index in [1.54, 1.807) is 24.3 Å². The van der Waals surface area contributed by atoms with Crippen molar-refractivity contribution >= 4 is 29.7 Å². The number of nitrogens with one attached hydrogen (secondary N) is 1. The first-order chi connectivity index (χ1) is 19.9. The highest BCUT2D eigenvalue weighted by molar-refractivity contribution is 6.02. The molecule has 0 saturated carbocycles. The molecule has 1 aliphatic heterocycles. The summed E-state index contributed by atoms with van der Waals surface area (Å²) in [6.45, 7) is 6.02. The van der Waals surface area contributed by atoms with Crippen LogP contribution in [0.15, 0.2) is 48.5 Å². The van der Waals surface area contributed by atoms with Crippen LogP contribution >= 0.6 is 0 Å². The number of piperidine rings is 1. The lowest BCUT2D eigenvalue weighted by atomic mass is 9.88. The second kappa shape index (κ2) is 15.0. The van der Waals surface area contributed by atoms with Crippen LogP contribution in [-0.2, 0) is 25.6 Å². The summed E-state index contributed by atoms with van der Waals surface area (Å²) in [5.41, 5.74) is 6.75. The van der Waals surface area contributed by atoms with E-state index in [1.165, 1.54) is 17.0 Å². The van der Waals surface area contributed by atoms with Gasteiger partial charge in [-0.2, -0.15) is 0 Å². The Kier molecular flexibility index (Phi) is 11.5. The number of rotatable bonds is 13. The predicted molar refractivity (Wildman–Crippen MR) is 154 cm³/mol. The van der Waals surface area contributed by atoms with Gasteiger partial charge in [-0.25, -0.2) is 4.79 Å². The minimum atomic E-state index is -1.40. The predicted octanol–water partition coefficient (Wildman–Crippen LogP) is 3.11. The number of primary amides is 1. The van der Waals surface area contributed by atoms with Crippen molar-refractivity contribution in [2.24, 2.45) is 23.5 Å². The van der Waals surface area contributed by atoms with Crippen LogP contribution in [0.5, 0.6) is 11.5 Å². The number of ether oxygens (including phenoxy) is 2. The number of Topliss-reactive ketones (excluding diaryl/α,β-unsaturated/α-hetero) is 1. The van der Waals surface area contributed by atoms with E-state index in [4.69, 9.17) is 15.2 Å². The molecule has 1 saturated heterocycles. The Morgan fingerprint density at radius 2 is 1.67 bits per heavy atom. The van der Waals surface area contributed by atoms with Gasteiger partial charge in [0, 0.05) is 19.0 Å². The molecule has 1 aliphatic rings. The van der Waals surface area contributed by atoms with Gasteiger partial charge < -0.3 is 30.5 Å². The number of carboxylic acid groups (broad SMARTS) is 1. The number of hydrogen-bond acceptors (Lipinski definition) is 7. The molecule has 0 aromatic heterocycles. The maximum absolute atomic E-state index is 13.4. The molecular formula is C31H39N3O8. The Morgan fingerprint density at radius 1 is 1.02 bits per heavy atom. The number of benzene rings is 2. The number of para-hydroxylation sites is 1. The molecule has 11 heteroatoms. The van der Waals surface area contributed by atoms with Gasteiger partial charge in [0.1, 0.15) is 17.4 Å². The lowest BCUT2D eigenvalue weighted by molar-refractivity contribution is -0.147. The third-order valence-electron chi connectivity index (χ3n) is 7.20. The molecule has 0 bridgehead atoms. The van der Waals surface area contributed by atoms with Crippen LogP contribution in [0.3, 0.4) is 0 Å². The zero-order chi connectivity index (χ0) is 30.8. The number of carbonyl (C=O) groups excluding carboxylic acids is 4. The lowest BCUT2D eigenvalue weighted by Crippen LogP contribution is -2.48. The fourth-order valence-electron chi connectivity index (χ4n) is 4.81. The molecule has 2 atom stereocenters. The molecule has 11 nitrogen and oxygen atoms in total. The van der Waals surface area contributed by atoms with Gasteiger partial charge in [0.05, 0.1) is 6.04 Å². The molecule has 1 fully saturated rings. The summed E-state index contributed by atoms with van der Waals surface area (Å²) in [6, 6.07) is 12.5. The zero-order valence-corrected chi connectivity index (χ0v) is 24.2. The number of aryl methyl sites for hydroxylation is 1. The number of ketones is 1. The van der Waals surface area contributed by atoms with E-state index < -0.39 is 35.7 Å². The van der Waals surface area contributed by atoms with Gasteiger partial charge in [-0.1, -0.05) is 44.2 Å². The molecule has 1 heterocycles. The Hall–Kier alpha value is -4.41. The average molecular weight is 582 g/mol. The number of carbonyl (C=O) groups is 5. The van der Waals surface area contributed by atoms with E-state index in [0.717, 1.165) is 5.56 Å². The fourth-order valence-corrected chi connectivity index (χ4v) is 4.81. The number of carboxylic acids is 1. The lowest BCUT2D eigenvalue weighted by Gasteiger charge is -2.29. The molecule has 42 heavy (non-hydrogen) atoms. The molecule has 2 aromatic rings. The van der Waals surface area contributed by atoms with Gasteiger partial charge in [0.25, 0.3) is 5.91 Å². The SMILES string of the molecule is Cc1ccccc1OCC(=O)NC(CC(C)C)C(=O)C(Cc1ccc(OC(=O)N2CCC(C(N)=O)CC2)cc1)C(=O)O. The van der Waals surface area contributed by atoms with Crippen LogP contribution in [0.25, 0.3) is 0 Å². The van der Waals surface area contributed by atoms with Gasteiger partial charge in [0.2, 0.25) is 5.91 Å². The van der Waals surface area contributed by atoms with Crippen molar-refractivity contribution in [1.29, 1.82) is 0 Å². The molecule has 2 unspecified atom stereocenters. The van der Waals surface area contributed by atoms with Crippen molar-refractivity contribution < 1.29 is 38.6 Å². The van der Waals surface area contributed by atoms with Crippen molar-refractivity contribution in [3.05, 3.63) is 59.7 Å². The van der Waals surface area contributed by atoms with E-state index in [0.29, 0.717) is 37.2 Å². The number of amides is 3. The monoisotopic (exact) mass is 581 g/mol. The molecule has 0 aliphatic carbocycles. The maximum atomic E-state index is 13.4. The van der Waals surface area contributed by atoms with E-state index in [2.05, 4.69) is 5.32 Å². The summed E-state index contributed by atoms with van der Waals surface area (Å²) in [6.07, 6.45) is 0.568. The van der Waals surface area contributed by atoms with Crippen molar-refractivity contribution in [1.82, 2.24) is 10.2 Å². The highest BCUT2D eigenvalue weighted by atomic mass is 16.6. The second-order valence-corrected chi connectivity index (χ2v) is 11.0. The smallest absolute Gasteiger partial charge is 0.415 e. The van der Waals surface area contributed by atoms with Crippen LogP contribution in [0.2, 0.25) is 0 Å². The van der Waals surface area contributed by atoms with Crippen molar-refractivity contribution in [2.75, 3.05) is 19.7 Å². The van der Waals surface area contributed by atoms with Crippen LogP contribution in [0.1, 0.15) is 44.2 Å². The number of nitrogens with zero attached hydrogens (tertiary/aromatic N) is 1. The first kappa shape index (κ1) is 32.1. The van der Waals surface area contributed by atoms with Crippen LogP contribution < -0.4 is 20.5 Å². The topological polar surface area (TPSA) is 165 Å². The highest BCUT2D eigenvalue weighted by Gasteiger charge is 2.34. The van der Waals surface area contributed by atoms with Gasteiger partial charge in [0.15, 0.2) is 12.4 Å². The summed E-state index contributed by atoms with van der Waals surface area (Å²) >= 11 is 0. The molecule has 0 radical (unpaired) electrons. The Labute approximate surface area is 245 Å². The maximum Gasteiger partial charge on any atom is 0.415 e. The van der Waals surface area contributed by atoms with Crippen LogP contribution in [-0.4, -0.2) is 65.4 Å². The van der Waals surface area contributed by atoms with Crippen LogP contribution in [0.4, 0.5) is 4.79 Å². The van der Waals surface area contributed by atoms with Gasteiger partial charge >= 0.3 is 12.1 Å². The third-order valence-corrected chi connectivity index (χ3v) is 7.20. The minimum absolute atomic E-state index is 0.0153. The van der Waals surface area contributed by atoms with E-state index in [9.17, 15) is 29.1 Å². The number of nitrogens with two attached hydrogens (primary N) is 1. The number of likely N-dealkylation sites (tertiary alicyclic amines) is 1. The quantitative estimate of drug-likeness (QED) is 0.304. The van der Waals surface area contributed by atoms with E-state index >= 15 is 0 Å². The second-order valence-electron chi connectivity index (χ2n) is 11.0. The first-order valence-electron chi connectivity index (χ1n) is 14.0. The minimum Gasteiger partial charge on any atom is -0.484 e. The Balaban J connectivity index is 1.60. The van der Waals surface area contributed by atoms with Gasteiger partial charge in [-0.05, 0) is 67.9 Å². The largest absolute Gasteiger partial charge is 0.484 e. The highest BCUT2D eigenvalue weighted by Crippen LogP contribution is 2.22. The van der Waals surface area contributed by atoms with Gasteiger partial charge in [-0.15, -0.1) is 0 Å². The Bertz CT molecular complexity index is 1270. The third kappa shape index (κ3) is 9.32. The molecular weight excluding hydrogens is 542 g/mol. The molecule has 3 rings (SSSR count). The first-order valence-corrected chi connectivity index (χ1v) is 14.0. The molecule has 3 amide bonds. The Morgan fingerprint density at radius 3 is 2.24 bits per heavy atom. The molecule has 0 spiro atoms.